The molecule has 1 aliphatic rings. The molecule has 8 heteroatoms. The topological polar surface area (TPSA) is 39.9 Å². The third-order valence-corrected chi connectivity index (χ3v) is 6.02. The molecule has 1 aliphatic carbocycles. The van der Waals surface area contributed by atoms with Crippen molar-refractivity contribution in [3.8, 4) is 33.4 Å². The van der Waals surface area contributed by atoms with Crippen molar-refractivity contribution in [2.45, 2.75) is 19.0 Å². The first-order valence-corrected chi connectivity index (χ1v) is 10.2. The Labute approximate surface area is 174 Å². The van der Waals surface area contributed by atoms with Gasteiger partial charge in [0.1, 0.15) is 5.75 Å². The molecule has 2 aromatic carbocycles. The summed E-state index contributed by atoms with van der Waals surface area (Å²) in [5, 5.41) is 6.35. The zero-order valence-electron chi connectivity index (χ0n) is 15.9. The van der Waals surface area contributed by atoms with Crippen LogP contribution in [0.4, 0.5) is 13.2 Å². The standard InChI is InChI=1S/C22H16F3N3OS/c1-29-15-8-10-16-14(11-15)7-9-17-19(16)27-28(20(17)22(23,24)25)21-26-18(12-30-21)13-5-3-2-4-6-13/h2-6,8,10-12H,7,9H2,1H3. The van der Waals surface area contributed by atoms with Crippen LogP contribution in [0.15, 0.2) is 53.9 Å². The highest BCUT2D eigenvalue weighted by atomic mass is 32.1. The number of ether oxygens (including phenoxy) is 1. The zero-order valence-corrected chi connectivity index (χ0v) is 16.7. The summed E-state index contributed by atoms with van der Waals surface area (Å²) in [5.41, 5.74) is 2.96. The molecule has 0 bridgehead atoms. The van der Waals surface area contributed by atoms with Crippen molar-refractivity contribution < 1.29 is 17.9 Å². The van der Waals surface area contributed by atoms with Gasteiger partial charge in [0.25, 0.3) is 0 Å². The summed E-state index contributed by atoms with van der Waals surface area (Å²) in [6.07, 6.45) is -3.77. The van der Waals surface area contributed by atoms with Gasteiger partial charge in [-0.3, -0.25) is 0 Å². The molecule has 0 saturated heterocycles. The van der Waals surface area contributed by atoms with E-state index in [2.05, 4.69) is 10.1 Å². The fourth-order valence-electron chi connectivity index (χ4n) is 3.83. The third kappa shape index (κ3) is 3.08. The maximum absolute atomic E-state index is 14.1. The van der Waals surface area contributed by atoms with E-state index in [1.807, 2.05) is 36.4 Å². The van der Waals surface area contributed by atoms with E-state index in [9.17, 15) is 13.2 Å². The number of aromatic nitrogens is 3. The second-order valence-electron chi connectivity index (χ2n) is 6.99. The second kappa shape index (κ2) is 6.98. The van der Waals surface area contributed by atoms with Gasteiger partial charge in [-0.05, 0) is 36.6 Å². The van der Waals surface area contributed by atoms with Crippen LogP contribution in [0.1, 0.15) is 16.8 Å². The lowest BCUT2D eigenvalue weighted by Crippen LogP contribution is -2.16. The Hall–Kier alpha value is -3.13. The highest BCUT2D eigenvalue weighted by Gasteiger charge is 2.42. The van der Waals surface area contributed by atoms with Crippen molar-refractivity contribution in [2.75, 3.05) is 7.11 Å². The Morgan fingerprint density at radius 2 is 1.87 bits per heavy atom. The summed E-state index contributed by atoms with van der Waals surface area (Å²) >= 11 is 1.15. The van der Waals surface area contributed by atoms with Gasteiger partial charge >= 0.3 is 6.18 Å². The molecule has 0 N–H and O–H groups in total. The molecule has 0 unspecified atom stereocenters. The summed E-state index contributed by atoms with van der Waals surface area (Å²) in [6, 6.07) is 14.8. The number of halogens is 3. The van der Waals surface area contributed by atoms with Gasteiger partial charge in [0.15, 0.2) is 5.69 Å². The van der Waals surface area contributed by atoms with E-state index in [1.54, 1.807) is 24.6 Å². The predicted molar refractivity (Wildman–Crippen MR) is 109 cm³/mol. The number of benzene rings is 2. The van der Waals surface area contributed by atoms with E-state index in [0.717, 1.165) is 27.1 Å². The molecule has 0 radical (unpaired) electrons. The molecule has 0 amide bonds. The number of aryl methyl sites for hydroxylation is 1. The first-order chi connectivity index (χ1) is 14.5. The number of rotatable bonds is 3. The maximum Gasteiger partial charge on any atom is 0.433 e. The van der Waals surface area contributed by atoms with E-state index in [1.165, 1.54) is 0 Å². The third-order valence-electron chi connectivity index (χ3n) is 5.21. The van der Waals surface area contributed by atoms with E-state index < -0.39 is 11.9 Å². The summed E-state index contributed by atoms with van der Waals surface area (Å²) in [4.78, 5) is 4.45. The summed E-state index contributed by atoms with van der Waals surface area (Å²) in [5.74, 6) is 0.681. The quantitative estimate of drug-likeness (QED) is 0.416. The summed E-state index contributed by atoms with van der Waals surface area (Å²) < 4.78 is 48.4. The average molecular weight is 427 g/mol. The number of hydrogen-bond acceptors (Lipinski definition) is 4. The lowest BCUT2D eigenvalue weighted by molar-refractivity contribution is -0.143. The molecule has 0 fully saturated rings. The zero-order chi connectivity index (χ0) is 20.9. The Bertz CT molecular complexity index is 1230. The van der Waals surface area contributed by atoms with Gasteiger partial charge in [-0.25, -0.2) is 9.67 Å². The number of hydrogen-bond donors (Lipinski definition) is 0. The number of thiazole rings is 1. The van der Waals surface area contributed by atoms with Gasteiger partial charge in [0.05, 0.1) is 18.5 Å². The summed E-state index contributed by atoms with van der Waals surface area (Å²) in [7, 11) is 1.57. The smallest absolute Gasteiger partial charge is 0.433 e. The maximum atomic E-state index is 14.1. The van der Waals surface area contributed by atoms with Gasteiger partial charge < -0.3 is 4.74 Å². The first kappa shape index (κ1) is 18.9. The minimum atomic E-state index is -4.54. The van der Waals surface area contributed by atoms with Crippen LogP contribution >= 0.6 is 11.3 Å². The number of nitrogens with zero attached hydrogens (tertiary/aromatic N) is 3. The summed E-state index contributed by atoms with van der Waals surface area (Å²) in [6.45, 7) is 0. The van der Waals surface area contributed by atoms with Crippen molar-refractivity contribution in [3.05, 3.63) is 70.7 Å². The van der Waals surface area contributed by atoms with Crippen molar-refractivity contribution in [1.82, 2.24) is 14.8 Å². The molecular weight excluding hydrogens is 411 g/mol. The fraction of sp³-hybridized carbons (Fsp3) is 0.182. The van der Waals surface area contributed by atoms with Crippen molar-refractivity contribution >= 4 is 11.3 Å². The number of methoxy groups -OCH3 is 1. The van der Waals surface area contributed by atoms with Gasteiger partial charge in [-0.1, -0.05) is 30.3 Å². The second-order valence-corrected chi connectivity index (χ2v) is 7.83. The molecule has 30 heavy (non-hydrogen) atoms. The monoisotopic (exact) mass is 427 g/mol. The molecule has 4 aromatic rings. The molecule has 0 spiro atoms. The Balaban J connectivity index is 1.67. The lowest BCUT2D eigenvalue weighted by atomic mass is 9.89. The molecule has 5 rings (SSSR count). The molecule has 0 atom stereocenters. The largest absolute Gasteiger partial charge is 0.497 e. The van der Waals surface area contributed by atoms with E-state index in [0.29, 0.717) is 29.1 Å². The molecule has 0 aliphatic heterocycles. The minimum absolute atomic E-state index is 0.200. The van der Waals surface area contributed by atoms with Crippen molar-refractivity contribution in [3.63, 3.8) is 0 Å². The first-order valence-electron chi connectivity index (χ1n) is 9.33. The number of alkyl halides is 3. The highest BCUT2D eigenvalue weighted by molar-refractivity contribution is 7.12. The van der Waals surface area contributed by atoms with Gasteiger partial charge in [-0.15, -0.1) is 11.3 Å². The Morgan fingerprint density at radius 1 is 1.07 bits per heavy atom. The highest BCUT2D eigenvalue weighted by Crippen LogP contribution is 2.43. The molecule has 2 aromatic heterocycles. The number of fused-ring (bicyclic) bond motifs is 3. The molecule has 0 saturated carbocycles. The van der Waals surface area contributed by atoms with Crippen LogP contribution in [-0.4, -0.2) is 21.9 Å². The van der Waals surface area contributed by atoms with Gasteiger partial charge in [0, 0.05) is 22.1 Å². The molecular formula is C22H16F3N3OS. The minimum Gasteiger partial charge on any atom is -0.497 e. The Kier molecular flexibility index (Phi) is 4.39. The van der Waals surface area contributed by atoms with Crippen LogP contribution in [0.2, 0.25) is 0 Å². The van der Waals surface area contributed by atoms with Crippen molar-refractivity contribution in [1.29, 1.82) is 0 Å². The van der Waals surface area contributed by atoms with Crippen LogP contribution in [0.25, 0.3) is 27.6 Å². The predicted octanol–water partition coefficient (Wildman–Crippen LogP) is 5.79. The normalized spacial score (nSPS) is 13.1. The van der Waals surface area contributed by atoms with Crippen molar-refractivity contribution in [2.24, 2.45) is 0 Å². The van der Waals surface area contributed by atoms with Gasteiger partial charge in [0.2, 0.25) is 5.13 Å². The average Bonchev–Trinajstić information content (AvgIpc) is 3.38. The van der Waals surface area contributed by atoms with Crippen LogP contribution in [0, 0.1) is 0 Å². The molecule has 4 nitrogen and oxygen atoms in total. The van der Waals surface area contributed by atoms with Crippen LogP contribution in [-0.2, 0) is 19.0 Å². The van der Waals surface area contributed by atoms with E-state index >= 15 is 0 Å². The molecule has 2 heterocycles. The lowest BCUT2D eigenvalue weighted by Gasteiger charge is -2.17. The van der Waals surface area contributed by atoms with E-state index in [4.69, 9.17) is 4.74 Å². The SMILES string of the molecule is COc1ccc2c(c1)CCc1c-2nn(-c2nc(-c3ccccc3)cs2)c1C(F)(F)F. The Morgan fingerprint density at radius 3 is 2.60 bits per heavy atom. The fourth-order valence-corrected chi connectivity index (χ4v) is 4.62. The molecule has 152 valence electrons. The van der Waals surface area contributed by atoms with E-state index in [-0.39, 0.29) is 17.1 Å². The van der Waals surface area contributed by atoms with Crippen LogP contribution in [0.3, 0.4) is 0 Å². The van der Waals surface area contributed by atoms with Crippen LogP contribution in [0.5, 0.6) is 5.75 Å². The van der Waals surface area contributed by atoms with Crippen LogP contribution < -0.4 is 4.74 Å². The van der Waals surface area contributed by atoms with Gasteiger partial charge in [-0.2, -0.15) is 18.3 Å².